The van der Waals surface area contributed by atoms with Crippen LogP contribution in [0.4, 0.5) is 0 Å². The average molecular weight is 261 g/mol. The second-order valence-electron chi connectivity index (χ2n) is 5.47. The van der Waals surface area contributed by atoms with Crippen molar-refractivity contribution < 1.29 is 4.74 Å². The molecular formula is C15H23N3O. The topological polar surface area (TPSA) is 59.6 Å². The van der Waals surface area contributed by atoms with E-state index in [0.29, 0.717) is 24.5 Å². The highest BCUT2D eigenvalue weighted by molar-refractivity contribution is 5.78. The minimum atomic E-state index is 0.539. The molecule has 0 radical (unpaired) electrons. The van der Waals surface area contributed by atoms with Crippen molar-refractivity contribution in [2.75, 3.05) is 6.61 Å². The van der Waals surface area contributed by atoms with Crippen molar-refractivity contribution in [3.05, 3.63) is 29.8 Å². The van der Waals surface area contributed by atoms with Crippen molar-refractivity contribution in [3.8, 4) is 5.75 Å². The third-order valence-corrected chi connectivity index (χ3v) is 2.87. The molecule has 0 aliphatic heterocycles. The van der Waals surface area contributed by atoms with Gasteiger partial charge in [-0.15, -0.1) is 0 Å². The van der Waals surface area contributed by atoms with Gasteiger partial charge in [-0.05, 0) is 36.5 Å². The number of nitrogens with one attached hydrogen (secondary N) is 1. The van der Waals surface area contributed by atoms with E-state index < -0.39 is 0 Å². The summed E-state index contributed by atoms with van der Waals surface area (Å²) < 4.78 is 5.64. The molecule has 3 N–H and O–H groups in total. The molecule has 0 saturated heterocycles. The summed E-state index contributed by atoms with van der Waals surface area (Å²) in [7, 11) is 0. The number of benzene rings is 1. The Morgan fingerprint density at radius 1 is 1.37 bits per heavy atom. The van der Waals surface area contributed by atoms with Crippen LogP contribution in [0.25, 0.3) is 0 Å². The van der Waals surface area contributed by atoms with Crippen LogP contribution in [0.5, 0.6) is 5.75 Å². The fourth-order valence-corrected chi connectivity index (χ4v) is 1.61. The number of ether oxygens (including phenoxy) is 1. The van der Waals surface area contributed by atoms with Crippen LogP contribution in [0.3, 0.4) is 0 Å². The molecular weight excluding hydrogens is 238 g/mol. The van der Waals surface area contributed by atoms with Gasteiger partial charge in [-0.25, -0.2) is 4.99 Å². The molecule has 1 aromatic rings. The molecule has 1 fully saturated rings. The first kappa shape index (κ1) is 13.7. The summed E-state index contributed by atoms with van der Waals surface area (Å²) in [5.74, 6) is 1.99. The number of hydrogen-bond donors (Lipinski definition) is 2. The van der Waals surface area contributed by atoms with Gasteiger partial charge in [0.05, 0.1) is 13.2 Å². The summed E-state index contributed by atoms with van der Waals surface area (Å²) in [5, 5.41) is 3.17. The highest BCUT2D eigenvalue weighted by Crippen LogP contribution is 2.18. The lowest BCUT2D eigenvalue weighted by atomic mass is 10.2. The summed E-state index contributed by atoms with van der Waals surface area (Å²) >= 11 is 0. The number of hydrogen-bond acceptors (Lipinski definition) is 2. The number of rotatable bonds is 6. The maximum absolute atomic E-state index is 5.79. The van der Waals surface area contributed by atoms with Crippen molar-refractivity contribution in [2.45, 2.75) is 39.3 Å². The largest absolute Gasteiger partial charge is 0.493 e. The Bertz CT molecular complexity index is 422. The molecule has 2 rings (SSSR count). The van der Waals surface area contributed by atoms with Gasteiger partial charge in [-0.3, -0.25) is 0 Å². The van der Waals surface area contributed by atoms with E-state index in [1.54, 1.807) is 0 Å². The Balaban J connectivity index is 1.80. The molecule has 0 aromatic heterocycles. The Kier molecular flexibility index (Phi) is 4.66. The Morgan fingerprint density at radius 2 is 2.05 bits per heavy atom. The highest BCUT2D eigenvalue weighted by atomic mass is 16.5. The van der Waals surface area contributed by atoms with Crippen LogP contribution in [-0.4, -0.2) is 18.6 Å². The summed E-state index contributed by atoms with van der Waals surface area (Å²) in [4.78, 5) is 4.32. The van der Waals surface area contributed by atoms with Gasteiger partial charge < -0.3 is 15.8 Å². The molecule has 0 bridgehead atoms. The van der Waals surface area contributed by atoms with Gasteiger partial charge >= 0.3 is 0 Å². The van der Waals surface area contributed by atoms with E-state index in [0.717, 1.165) is 17.9 Å². The van der Waals surface area contributed by atoms with Crippen LogP contribution < -0.4 is 15.8 Å². The lowest BCUT2D eigenvalue weighted by Gasteiger charge is -2.09. The normalized spacial score (nSPS) is 15.6. The first-order valence-electron chi connectivity index (χ1n) is 6.91. The van der Waals surface area contributed by atoms with Gasteiger partial charge in [-0.1, -0.05) is 26.0 Å². The Labute approximate surface area is 115 Å². The number of nitrogens with two attached hydrogens (primary N) is 1. The fourth-order valence-electron chi connectivity index (χ4n) is 1.61. The molecule has 0 heterocycles. The molecule has 4 heteroatoms. The van der Waals surface area contributed by atoms with Crippen LogP contribution in [0.15, 0.2) is 29.3 Å². The van der Waals surface area contributed by atoms with Gasteiger partial charge in [-0.2, -0.15) is 0 Å². The van der Waals surface area contributed by atoms with Crippen LogP contribution in [-0.2, 0) is 6.54 Å². The van der Waals surface area contributed by atoms with Crippen LogP contribution in [0, 0.1) is 5.92 Å². The van der Waals surface area contributed by atoms with E-state index in [1.165, 1.54) is 12.8 Å². The maximum atomic E-state index is 5.79. The van der Waals surface area contributed by atoms with Crippen molar-refractivity contribution in [1.82, 2.24) is 5.32 Å². The zero-order chi connectivity index (χ0) is 13.7. The van der Waals surface area contributed by atoms with Gasteiger partial charge in [0, 0.05) is 6.04 Å². The number of aliphatic imine (C=N–C) groups is 1. The minimum absolute atomic E-state index is 0.539. The van der Waals surface area contributed by atoms with E-state index in [9.17, 15) is 0 Å². The molecule has 4 nitrogen and oxygen atoms in total. The Morgan fingerprint density at radius 3 is 2.63 bits per heavy atom. The summed E-state index contributed by atoms with van der Waals surface area (Å²) in [6.07, 6.45) is 2.41. The van der Waals surface area contributed by atoms with Gasteiger partial charge in [0.15, 0.2) is 5.96 Å². The average Bonchev–Trinajstić information content (AvgIpc) is 3.19. The first-order chi connectivity index (χ1) is 9.13. The van der Waals surface area contributed by atoms with Gasteiger partial charge in [0.1, 0.15) is 5.75 Å². The van der Waals surface area contributed by atoms with Gasteiger partial charge in [0.2, 0.25) is 0 Å². The molecule has 0 atom stereocenters. The quantitative estimate of drug-likeness (QED) is 0.610. The van der Waals surface area contributed by atoms with E-state index in [1.807, 2.05) is 24.3 Å². The molecule has 0 amide bonds. The predicted octanol–water partition coefficient (Wildman–Crippen LogP) is 2.29. The molecule has 1 aliphatic rings. The lowest BCUT2D eigenvalue weighted by molar-refractivity contribution is 0.271. The molecule has 0 unspecified atom stereocenters. The smallest absolute Gasteiger partial charge is 0.189 e. The molecule has 1 saturated carbocycles. The summed E-state index contributed by atoms with van der Waals surface area (Å²) in [6, 6.07) is 8.58. The monoisotopic (exact) mass is 261 g/mol. The minimum Gasteiger partial charge on any atom is -0.493 e. The van der Waals surface area contributed by atoms with Crippen LogP contribution in [0.1, 0.15) is 32.3 Å². The highest BCUT2D eigenvalue weighted by Gasteiger charge is 2.21. The molecule has 104 valence electrons. The maximum Gasteiger partial charge on any atom is 0.189 e. The lowest BCUT2D eigenvalue weighted by Crippen LogP contribution is -2.33. The standard InChI is InChI=1S/C15H23N3O/c1-11(2)10-19-14-7-3-12(4-8-14)9-17-15(16)18-13-5-6-13/h3-4,7-8,11,13H,5-6,9-10H2,1-2H3,(H3,16,17,18). The van der Waals surface area contributed by atoms with E-state index >= 15 is 0 Å². The zero-order valence-corrected chi connectivity index (χ0v) is 11.7. The predicted molar refractivity (Wildman–Crippen MR) is 78.3 cm³/mol. The Hall–Kier alpha value is -1.71. The second kappa shape index (κ2) is 6.45. The van der Waals surface area contributed by atoms with Crippen LogP contribution in [0.2, 0.25) is 0 Å². The van der Waals surface area contributed by atoms with Crippen molar-refractivity contribution in [1.29, 1.82) is 0 Å². The fraction of sp³-hybridized carbons (Fsp3) is 0.533. The molecule has 0 spiro atoms. The van der Waals surface area contributed by atoms with Crippen molar-refractivity contribution in [2.24, 2.45) is 16.6 Å². The number of nitrogens with zero attached hydrogens (tertiary/aromatic N) is 1. The van der Waals surface area contributed by atoms with E-state index in [4.69, 9.17) is 10.5 Å². The third-order valence-electron chi connectivity index (χ3n) is 2.87. The number of guanidine groups is 1. The summed E-state index contributed by atoms with van der Waals surface area (Å²) in [6.45, 7) is 5.63. The SMILES string of the molecule is CC(C)COc1ccc(CN=C(N)NC2CC2)cc1. The third kappa shape index (κ3) is 5.20. The van der Waals surface area contributed by atoms with E-state index in [-0.39, 0.29) is 0 Å². The van der Waals surface area contributed by atoms with Gasteiger partial charge in [0.25, 0.3) is 0 Å². The molecule has 1 aliphatic carbocycles. The van der Waals surface area contributed by atoms with Crippen LogP contribution >= 0.6 is 0 Å². The van der Waals surface area contributed by atoms with Crippen molar-refractivity contribution in [3.63, 3.8) is 0 Å². The summed E-state index contributed by atoms with van der Waals surface area (Å²) in [5.41, 5.74) is 6.92. The molecule has 1 aromatic carbocycles. The zero-order valence-electron chi connectivity index (χ0n) is 11.7. The second-order valence-corrected chi connectivity index (χ2v) is 5.47. The molecule has 19 heavy (non-hydrogen) atoms. The van der Waals surface area contributed by atoms with Crippen molar-refractivity contribution >= 4 is 5.96 Å². The first-order valence-corrected chi connectivity index (χ1v) is 6.91. The van der Waals surface area contributed by atoms with E-state index in [2.05, 4.69) is 24.2 Å².